The number of likely N-dealkylation sites (tertiary alicyclic amines) is 1. The Hall–Kier alpha value is -0.650. The highest BCUT2D eigenvalue weighted by Gasteiger charge is 2.35. The maximum atomic E-state index is 13.3. The zero-order valence-corrected chi connectivity index (χ0v) is 13.9. The summed E-state index contributed by atoms with van der Waals surface area (Å²) >= 11 is 3.30. The Bertz CT molecular complexity index is 510. The van der Waals surface area contributed by atoms with Crippen molar-refractivity contribution in [3.8, 4) is 0 Å². The average molecular weight is 366 g/mol. The normalized spacial score (nSPS) is 21.2. The van der Waals surface area contributed by atoms with Crippen molar-refractivity contribution in [1.29, 1.82) is 0 Å². The zero-order chi connectivity index (χ0) is 14.2. The molecule has 1 atom stereocenters. The molecule has 20 heavy (non-hydrogen) atoms. The van der Waals surface area contributed by atoms with Crippen LogP contribution in [0.2, 0.25) is 0 Å². The summed E-state index contributed by atoms with van der Waals surface area (Å²) < 4.78 is 13.9. The molecule has 1 saturated heterocycles. The summed E-state index contributed by atoms with van der Waals surface area (Å²) in [5.74, 6) is -0.550. The minimum atomic E-state index is -0.403. The molecule has 0 aromatic heterocycles. The number of hydrogen-bond donors (Lipinski definition) is 1. The van der Waals surface area contributed by atoms with Crippen LogP contribution in [0, 0.1) is 11.2 Å². The van der Waals surface area contributed by atoms with Crippen LogP contribution in [0.1, 0.15) is 30.6 Å². The van der Waals surface area contributed by atoms with E-state index in [2.05, 4.69) is 29.8 Å². The van der Waals surface area contributed by atoms with E-state index >= 15 is 0 Å². The molecule has 1 aromatic carbocycles. The van der Waals surface area contributed by atoms with E-state index in [1.807, 2.05) is 0 Å². The molecule has 0 radical (unpaired) electrons. The Labute approximate surface area is 133 Å². The van der Waals surface area contributed by atoms with Crippen molar-refractivity contribution in [1.82, 2.24) is 4.90 Å². The second-order valence-corrected chi connectivity index (χ2v) is 6.59. The standard InChI is InChI=1S/C14H18BrFN2O.ClH/c1-14(2)8-18(6-5-12(14)17)13(19)10-7-9(16)3-4-11(10)15;/h3-4,7,12H,5-6,8,17H2,1-2H3;1H. The van der Waals surface area contributed by atoms with Crippen LogP contribution in [0.15, 0.2) is 22.7 Å². The molecule has 1 aromatic rings. The van der Waals surface area contributed by atoms with Crippen molar-refractivity contribution in [2.24, 2.45) is 11.1 Å². The van der Waals surface area contributed by atoms with Gasteiger partial charge in [0.1, 0.15) is 5.82 Å². The third kappa shape index (κ3) is 3.51. The lowest BCUT2D eigenvalue weighted by molar-refractivity contribution is 0.0531. The maximum absolute atomic E-state index is 13.3. The van der Waals surface area contributed by atoms with Gasteiger partial charge in [-0.1, -0.05) is 13.8 Å². The first kappa shape index (κ1) is 17.4. The monoisotopic (exact) mass is 364 g/mol. The second kappa shape index (κ2) is 6.41. The van der Waals surface area contributed by atoms with Gasteiger partial charge in [0.2, 0.25) is 0 Å². The molecule has 1 unspecified atom stereocenters. The average Bonchev–Trinajstić information content (AvgIpc) is 2.35. The highest BCUT2D eigenvalue weighted by atomic mass is 79.9. The minimum Gasteiger partial charge on any atom is -0.338 e. The lowest BCUT2D eigenvalue weighted by Gasteiger charge is -2.42. The van der Waals surface area contributed by atoms with Gasteiger partial charge in [0, 0.05) is 23.6 Å². The summed E-state index contributed by atoms with van der Waals surface area (Å²) in [6, 6.07) is 4.25. The Morgan fingerprint density at radius 2 is 2.15 bits per heavy atom. The summed E-state index contributed by atoms with van der Waals surface area (Å²) in [6.07, 6.45) is 0.770. The number of carbonyl (C=O) groups excluding carboxylic acids is 1. The summed E-state index contributed by atoms with van der Waals surface area (Å²) in [5.41, 5.74) is 6.31. The Morgan fingerprint density at radius 3 is 2.75 bits per heavy atom. The van der Waals surface area contributed by atoms with E-state index in [1.165, 1.54) is 12.1 Å². The second-order valence-electron chi connectivity index (χ2n) is 5.73. The van der Waals surface area contributed by atoms with Gasteiger partial charge in [0.05, 0.1) is 5.56 Å². The van der Waals surface area contributed by atoms with E-state index in [4.69, 9.17) is 5.73 Å². The first-order valence-electron chi connectivity index (χ1n) is 6.31. The first-order valence-corrected chi connectivity index (χ1v) is 7.10. The topological polar surface area (TPSA) is 46.3 Å². The summed E-state index contributed by atoms with van der Waals surface area (Å²) in [6.45, 7) is 5.32. The van der Waals surface area contributed by atoms with Crippen LogP contribution in [-0.4, -0.2) is 29.9 Å². The van der Waals surface area contributed by atoms with Crippen LogP contribution in [0.4, 0.5) is 4.39 Å². The number of nitrogens with two attached hydrogens (primary N) is 1. The molecule has 1 heterocycles. The van der Waals surface area contributed by atoms with Crippen molar-refractivity contribution < 1.29 is 9.18 Å². The fourth-order valence-electron chi connectivity index (χ4n) is 2.38. The number of halogens is 3. The van der Waals surface area contributed by atoms with Crippen LogP contribution < -0.4 is 5.73 Å². The molecule has 2 N–H and O–H groups in total. The summed E-state index contributed by atoms with van der Waals surface area (Å²) in [5, 5.41) is 0. The van der Waals surface area contributed by atoms with Gasteiger partial charge in [0.15, 0.2) is 0 Å². The number of benzene rings is 1. The van der Waals surface area contributed by atoms with Gasteiger partial charge in [-0.3, -0.25) is 4.79 Å². The van der Waals surface area contributed by atoms with E-state index in [-0.39, 0.29) is 29.8 Å². The molecule has 1 aliphatic rings. The largest absolute Gasteiger partial charge is 0.338 e. The predicted molar refractivity (Wildman–Crippen MR) is 83.6 cm³/mol. The molecule has 0 saturated carbocycles. The van der Waals surface area contributed by atoms with E-state index in [1.54, 1.807) is 11.0 Å². The maximum Gasteiger partial charge on any atom is 0.255 e. The van der Waals surface area contributed by atoms with Crippen molar-refractivity contribution in [2.75, 3.05) is 13.1 Å². The van der Waals surface area contributed by atoms with Crippen molar-refractivity contribution in [3.63, 3.8) is 0 Å². The fourth-order valence-corrected chi connectivity index (χ4v) is 2.80. The predicted octanol–water partition coefficient (Wildman–Crippen LogP) is 3.21. The molecular formula is C14H19BrClFN2O. The quantitative estimate of drug-likeness (QED) is 0.830. The van der Waals surface area contributed by atoms with Gasteiger partial charge in [-0.15, -0.1) is 12.4 Å². The summed E-state index contributed by atoms with van der Waals surface area (Å²) in [7, 11) is 0. The minimum absolute atomic E-state index is 0. The molecule has 0 bridgehead atoms. The van der Waals surface area contributed by atoms with Gasteiger partial charge in [-0.2, -0.15) is 0 Å². The van der Waals surface area contributed by atoms with Gasteiger partial charge in [0.25, 0.3) is 5.91 Å². The molecule has 1 fully saturated rings. The highest BCUT2D eigenvalue weighted by molar-refractivity contribution is 9.10. The number of nitrogens with zero attached hydrogens (tertiary/aromatic N) is 1. The Balaban J connectivity index is 0.00000200. The highest BCUT2D eigenvalue weighted by Crippen LogP contribution is 2.29. The molecule has 6 heteroatoms. The van der Waals surface area contributed by atoms with E-state index in [0.717, 1.165) is 6.42 Å². The fraction of sp³-hybridized carbons (Fsp3) is 0.500. The van der Waals surface area contributed by atoms with Crippen LogP contribution in [0.5, 0.6) is 0 Å². The summed E-state index contributed by atoms with van der Waals surface area (Å²) in [4.78, 5) is 14.2. The number of rotatable bonds is 1. The molecule has 1 amide bonds. The van der Waals surface area contributed by atoms with Crippen LogP contribution in [0.25, 0.3) is 0 Å². The van der Waals surface area contributed by atoms with Crippen molar-refractivity contribution in [2.45, 2.75) is 26.3 Å². The smallest absolute Gasteiger partial charge is 0.255 e. The SMILES string of the molecule is CC1(C)CN(C(=O)c2cc(F)ccc2Br)CCC1N.Cl. The first-order chi connectivity index (χ1) is 8.81. The molecule has 112 valence electrons. The van der Waals surface area contributed by atoms with Crippen LogP contribution in [0.3, 0.4) is 0 Å². The number of hydrogen-bond acceptors (Lipinski definition) is 2. The van der Waals surface area contributed by atoms with Gasteiger partial charge in [-0.25, -0.2) is 4.39 Å². The zero-order valence-electron chi connectivity index (χ0n) is 11.5. The molecule has 2 rings (SSSR count). The third-order valence-corrected chi connectivity index (χ3v) is 4.45. The molecular weight excluding hydrogens is 347 g/mol. The Morgan fingerprint density at radius 1 is 1.50 bits per heavy atom. The van der Waals surface area contributed by atoms with Gasteiger partial charge >= 0.3 is 0 Å². The Kier molecular flexibility index (Phi) is 5.58. The van der Waals surface area contributed by atoms with Crippen molar-refractivity contribution in [3.05, 3.63) is 34.1 Å². The number of carbonyl (C=O) groups is 1. The van der Waals surface area contributed by atoms with E-state index in [9.17, 15) is 9.18 Å². The number of piperidine rings is 1. The van der Waals surface area contributed by atoms with Gasteiger partial charge in [-0.05, 0) is 46.0 Å². The molecule has 1 aliphatic heterocycles. The van der Waals surface area contributed by atoms with E-state index in [0.29, 0.717) is 23.1 Å². The lowest BCUT2D eigenvalue weighted by atomic mass is 9.79. The number of amides is 1. The molecule has 3 nitrogen and oxygen atoms in total. The van der Waals surface area contributed by atoms with Crippen LogP contribution >= 0.6 is 28.3 Å². The van der Waals surface area contributed by atoms with Crippen molar-refractivity contribution >= 4 is 34.2 Å². The van der Waals surface area contributed by atoms with E-state index < -0.39 is 5.82 Å². The lowest BCUT2D eigenvalue weighted by Crippen LogP contribution is -2.54. The van der Waals surface area contributed by atoms with Crippen LogP contribution in [-0.2, 0) is 0 Å². The molecule has 0 aliphatic carbocycles. The van der Waals surface area contributed by atoms with Gasteiger partial charge < -0.3 is 10.6 Å². The molecule has 0 spiro atoms. The third-order valence-electron chi connectivity index (χ3n) is 3.76.